The molecule has 0 fully saturated rings. The highest BCUT2D eigenvalue weighted by Gasteiger charge is 2.09. The van der Waals surface area contributed by atoms with Crippen molar-refractivity contribution in [1.29, 1.82) is 0 Å². The number of nitrogens with one attached hydrogen (secondary N) is 1. The van der Waals surface area contributed by atoms with Crippen LogP contribution in [0.2, 0.25) is 5.15 Å². The highest BCUT2D eigenvalue weighted by molar-refractivity contribution is 6.31. The third-order valence-electron chi connectivity index (χ3n) is 3.79. The van der Waals surface area contributed by atoms with Gasteiger partial charge in [0, 0.05) is 30.6 Å². The number of pyridine rings is 1. The second-order valence-electron chi connectivity index (χ2n) is 5.59. The van der Waals surface area contributed by atoms with Gasteiger partial charge in [0.05, 0.1) is 17.9 Å². The zero-order valence-corrected chi connectivity index (χ0v) is 14.5. The van der Waals surface area contributed by atoms with Crippen LogP contribution in [0, 0.1) is 13.8 Å². The summed E-state index contributed by atoms with van der Waals surface area (Å²) >= 11 is 6.14. The molecule has 0 aliphatic heterocycles. The second-order valence-corrected chi connectivity index (χ2v) is 5.95. The largest absolute Gasteiger partial charge is 0.347 e. The molecule has 1 amide bonds. The normalized spacial score (nSPS) is 11.5. The molecule has 0 atom stereocenters. The molecule has 3 rings (SSSR count). The van der Waals surface area contributed by atoms with Crippen molar-refractivity contribution in [1.82, 2.24) is 24.5 Å². The fraction of sp³-hybridized carbons (Fsp3) is 0.235. The molecule has 3 aromatic rings. The van der Waals surface area contributed by atoms with Gasteiger partial charge in [-0.1, -0.05) is 17.7 Å². The molecule has 1 N–H and O–H groups in total. The van der Waals surface area contributed by atoms with Crippen LogP contribution in [0.15, 0.2) is 30.5 Å². The highest BCUT2D eigenvalue weighted by Crippen LogP contribution is 2.19. The fourth-order valence-corrected chi connectivity index (χ4v) is 2.75. The van der Waals surface area contributed by atoms with Gasteiger partial charge in [0.1, 0.15) is 10.8 Å². The van der Waals surface area contributed by atoms with E-state index in [1.54, 1.807) is 17.8 Å². The van der Waals surface area contributed by atoms with Crippen molar-refractivity contribution in [2.24, 2.45) is 7.05 Å². The van der Waals surface area contributed by atoms with Crippen LogP contribution in [0.25, 0.3) is 11.7 Å². The van der Waals surface area contributed by atoms with Gasteiger partial charge < -0.3 is 9.72 Å². The quantitative estimate of drug-likeness (QED) is 0.741. The van der Waals surface area contributed by atoms with Gasteiger partial charge in [0.15, 0.2) is 0 Å². The molecule has 3 aromatic heterocycles. The minimum Gasteiger partial charge on any atom is -0.347 e. The average Bonchev–Trinajstić information content (AvgIpc) is 3.06. The molecule has 0 saturated carbocycles. The number of hydrogen-bond donors (Lipinski definition) is 1. The number of carbonyl (C=O) groups excluding carboxylic acids is 1. The Labute approximate surface area is 144 Å². The molecule has 3 heterocycles. The van der Waals surface area contributed by atoms with Crippen molar-refractivity contribution in [3.05, 3.63) is 58.3 Å². The molecule has 6 nitrogen and oxygen atoms in total. The predicted molar refractivity (Wildman–Crippen MR) is 93.8 cm³/mol. The van der Waals surface area contributed by atoms with Crippen molar-refractivity contribution in [2.45, 2.75) is 20.4 Å². The number of fused-ring (bicyclic) bond motifs is 1. The zero-order valence-electron chi connectivity index (χ0n) is 13.7. The monoisotopic (exact) mass is 343 g/mol. The molecule has 0 spiro atoms. The highest BCUT2D eigenvalue weighted by atomic mass is 35.5. The Morgan fingerprint density at radius 3 is 2.83 bits per heavy atom. The Morgan fingerprint density at radius 1 is 1.38 bits per heavy atom. The Bertz CT molecular complexity index is 938. The summed E-state index contributed by atoms with van der Waals surface area (Å²) < 4.78 is 3.57. The summed E-state index contributed by atoms with van der Waals surface area (Å²) in [5.41, 5.74) is 4.30. The smallest absolute Gasteiger partial charge is 0.244 e. The van der Waals surface area contributed by atoms with Crippen molar-refractivity contribution in [2.75, 3.05) is 0 Å². The molecule has 0 aliphatic rings. The van der Waals surface area contributed by atoms with Gasteiger partial charge in [-0.05, 0) is 32.1 Å². The topological polar surface area (TPSA) is 64.2 Å². The van der Waals surface area contributed by atoms with E-state index in [0.717, 1.165) is 28.3 Å². The number of rotatable bonds is 4. The molecule has 7 heteroatoms. The molecule has 0 radical (unpaired) electrons. The first-order chi connectivity index (χ1) is 11.5. The molecule has 0 aliphatic carbocycles. The third kappa shape index (κ3) is 3.19. The Morgan fingerprint density at radius 2 is 2.17 bits per heavy atom. The van der Waals surface area contributed by atoms with E-state index in [9.17, 15) is 4.79 Å². The van der Waals surface area contributed by atoms with Crippen LogP contribution in [0.3, 0.4) is 0 Å². The van der Waals surface area contributed by atoms with E-state index in [1.807, 2.05) is 42.6 Å². The fourth-order valence-electron chi connectivity index (χ4n) is 2.52. The number of aryl methyl sites for hydroxylation is 3. The number of aromatic nitrogens is 4. The third-order valence-corrected chi connectivity index (χ3v) is 4.24. The van der Waals surface area contributed by atoms with Crippen molar-refractivity contribution in [3.8, 4) is 0 Å². The summed E-state index contributed by atoms with van der Waals surface area (Å²) in [5.74, 6) is -0.205. The maximum Gasteiger partial charge on any atom is 0.244 e. The van der Waals surface area contributed by atoms with E-state index in [-0.39, 0.29) is 5.91 Å². The Hall–Kier alpha value is -2.60. The first-order valence-electron chi connectivity index (χ1n) is 7.54. The number of imidazole rings is 1. The van der Waals surface area contributed by atoms with E-state index in [2.05, 4.69) is 15.4 Å². The lowest BCUT2D eigenvalue weighted by molar-refractivity contribution is -0.116. The number of hydrogen-bond acceptors (Lipinski definition) is 3. The molecular formula is C17H18ClN5O. The van der Waals surface area contributed by atoms with Crippen LogP contribution in [0.4, 0.5) is 0 Å². The maximum absolute atomic E-state index is 12.0. The van der Waals surface area contributed by atoms with Gasteiger partial charge >= 0.3 is 0 Å². The van der Waals surface area contributed by atoms with Crippen LogP contribution in [0.1, 0.15) is 22.6 Å². The summed E-state index contributed by atoms with van der Waals surface area (Å²) in [6.45, 7) is 4.23. The zero-order chi connectivity index (χ0) is 17.3. The predicted octanol–water partition coefficient (Wildman–Crippen LogP) is 2.67. The Balaban J connectivity index is 1.66. The molecule has 0 saturated heterocycles. The van der Waals surface area contributed by atoms with E-state index in [1.165, 1.54) is 6.08 Å². The van der Waals surface area contributed by atoms with Crippen molar-refractivity contribution >= 4 is 29.2 Å². The number of carbonyl (C=O) groups is 1. The molecule has 0 aromatic carbocycles. The number of nitrogens with zero attached hydrogens (tertiary/aromatic N) is 4. The lowest BCUT2D eigenvalue weighted by Gasteiger charge is -1.98. The van der Waals surface area contributed by atoms with Gasteiger partial charge in [-0.2, -0.15) is 5.10 Å². The minimum atomic E-state index is -0.205. The minimum absolute atomic E-state index is 0.205. The van der Waals surface area contributed by atoms with Gasteiger partial charge in [0.25, 0.3) is 0 Å². The molecule has 24 heavy (non-hydrogen) atoms. The summed E-state index contributed by atoms with van der Waals surface area (Å²) in [5, 5.41) is 7.53. The second kappa shape index (κ2) is 6.49. The van der Waals surface area contributed by atoms with Crippen LogP contribution in [0.5, 0.6) is 0 Å². The Kier molecular flexibility index (Phi) is 4.40. The average molecular weight is 344 g/mol. The SMILES string of the molecule is Cc1nn(C)c(Cl)c1/C=C\C(=O)NCc1cn2c(C)cccc2n1. The van der Waals surface area contributed by atoms with Gasteiger partial charge in [-0.25, -0.2) is 4.98 Å². The lowest BCUT2D eigenvalue weighted by atomic mass is 10.2. The van der Waals surface area contributed by atoms with Crippen molar-refractivity contribution < 1.29 is 4.79 Å². The standard InChI is InChI=1S/C17H18ClN5O/c1-11-5-4-6-15-20-13(10-23(11)15)9-19-16(24)8-7-14-12(2)21-22(3)17(14)18/h4-8,10H,9H2,1-3H3,(H,19,24)/b8-7-. The van der Waals surface area contributed by atoms with Crippen LogP contribution >= 0.6 is 11.6 Å². The van der Waals surface area contributed by atoms with Crippen molar-refractivity contribution in [3.63, 3.8) is 0 Å². The van der Waals surface area contributed by atoms with Crippen LogP contribution in [-0.4, -0.2) is 25.1 Å². The van der Waals surface area contributed by atoms with Gasteiger partial charge in [0.2, 0.25) is 5.91 Å². The molecule has 0 bridgehead atoms. The molecule has 124 valence electrons. The summed E-state index contributed by atoms with van der Waals surface area (Å²) in [7, 11) is 1.76. The molecular weight excluding hydrogens is 326 g/mol. The molecule has 0 unspecified atom stereocenters. The maximum atomic E-state index is 12.0. The number of amides is 1. The summed E-state index contributed by atoms with van der Waals surface area (Å²) in [6.07, 6.45) is 5.06. The van der Waals surface area contributed by atoms with Crippen LogP contribution < -0.4 is 5.32 Å². The first kappa shape index (κ1) is 16.3. The van der Waals surface area contributed by atoms with E-state index < -0.39 is 0 Å². The summed E-state index contributed by atoms with van der Waals surface area (Å²) in [6, 6.07) is 5.91. The van der Waals surface area contributed by atoms with E-state index in [4.69, 9.17) is 11.6 Å². The van der Waals surface area contributed by atoms with Gasteiger partial charge in [-0.3, -0.25) is 9.48 Å². The lowest BCUT2D eigenvalue weighted by Crippen LogP contribution is -2.20. The number of halogens is 1. The van der Waals surface area contributed by atoms with E-state index >= 15 is 0 Å². The first-order valence-corrected chi connectivity index (χ1v) is 7.92. The van der Waals surface area contributed by atoms with Gasteiger partial charge in [-0.15, -0.1) is 0 Å². The van der Waals surface area contributed by atoms with E-state index in [0.29, 0.717) is 11.7 Å². The van der Waals surface area contributed by atoms with Crippen LogP contribution in [-0.2, 0) is 18.4 Å². The summed E-state index contributed by atoms with van der Waals surface area (Å²) in [4.78, 5) is 16.5.